The number of nitrogens with zero attached hydrogens (tertiary/aromatic N) is 2. The maximum absolute atomic E-state index is 14.5. The Morgan fingerprint density at radius 1 is 0.783 bits per heavy atom. The maximum Gasteiger partial charge on any atom is 0.264 e. The number of carbonyl (C=O) groups excluding carboxylic acids is 2. The average Bonchev–Trinajstić information content (AvgIpc) is 3.05. The van der Waals surface area contributed by atoms with Crippen LogP contribution in [0.15, 0.2) is 108 Å². The van der Waals surface area contributed by atoms with Crippen LogP contribution in [0.1, 0.15) is 36.1 Å². The van der Waals surface area contributed by atoms with Gasteiger partial charge in [-0.25, -0.2) is 8.42 Å². The van der Waals surface area contributed by atoms with Crippen LogP contribution in [-0.4, -0.2) is 51.4 Å². The van der Waals surface area contributed by atoms with Crippen LogP contribution < -0.4 is 14.4 Å². The first-order valence-electron chi connectivity index (χ1n) is 15.4. The maximum atomic E-state index is 14.5. The monoisotopic (exact) mass is 641 g/mol. The van der Waals surface area contributed by atoms with Crippen molar-refractivity contribution < 1.29 is 22.7 Å². The molecular weight excluding hydrogens is 598 g/mol. The lowest BCUT2D eigenvalue weighted by molar-refractivity contribution is -0.140. The molecule has 0 unspecified atom stereocenters. The summed E-state index contributed by atoms with van der Waals surface area (Å²) in [7, 11) is -2.65. The summed E-state index contributed by atoms with van der Waals surface area (Å²) in [5.41, 5.74) is 3.98. The zero-order chi connectivity index (χ0) is 33.3. The number of amides is 2. The number of sulfonamides is 1. The topological polar surface area (TPSA) is 96.0 Å². The van der Waals surface area contributed by atoms with E-state index in [1.165, 1.54) is 24.1 Å². The minimum Gasteiger partial charge on any atom is -0.497 e. The van der Waals surface area contributed by atoms with Gasteiger partial charge in [0.1, 0.15) is 18.3 Å². The quantitative estimate of drug-likeness (QED) is 0.185. The number of carbonyl (C=O) groups is 2. The summed E-state index contributed by atoms with van der Waals surface area (Å²) in [5, 5.41) is 3.01. The van der Waals surface area contributed by atoms with E-state index in [1.54, 1.807) is 36.4 Å². The van der Waals surface area contributed by atoms with E-state index in [1.807, 2.05) is 82.3 Å². The highest BCUT2D eigenvalue weighted by Gasteiger charge is 2.34. The Labute approximate surface area is 273 Å². The first-order chi connectivity index (χ1) is 22.0. The largest absolute Gasteiger partial charge is 0.497 e. The van der Waals surface area contributed by atoms with Crippen molar-refractivity contribution in [2.75, 3.05) is 24.5 Å². The molecule has 0 aromatic heterocycles. The zero-order valence-corrected chi connectivity index (χ0v) is 28.0. The van der Waals surface area contributed by atoms with Crippen LogP contribution in [0.3, 0.4) is 0 Å². The van der Waals surface area contributed by atoms with Crippen LogP contribution in [0, 0.1) is 19.8 Å². The van der Waals surface area contributed by atoms with Crippen LogP contribution in [0.25, 0.3) is 0 Å². The Balaban J connectivity index is 1.79. The molecule has 0 saturated heterocycles. The molecule has 0 radical (unpaired) electrons. The van der Waals surface area contributed by atoms with Crippen LogP contribution in [0.5, 0.6) is 5.75 Å². The molecule has 9 heteroatoms. The molecule has 0 aliphatic carbocycles. The van der Waals surface area contributed by atoms with Gasteiger partial charge in [0.15, 0.2) is 0 Å². The fourth-order valence-corrected chi connectivity index (χ4v) is 6.40. The molecule has 4 aromatic carbocycles. The molecule has 4 aromatic rings. The molecule has 1 N–H and O–H groups in total. The second kappa shape index (κ2) is 15.6. The molecular formula is C37H43N3O5S. The van der Waals surface area contributed by atoms with Gasteiger partial charge in [-0.3, -0.25) is 13.9 Å². The van der Waals surface area contributed by atoms with Gasteiger partial charge in [0.2, 0.25) is 11.8 Å². The molecule has 46 heavy (non-hydrogen) atoms. The van der Waals surface area contributed by atoms with Gasteiger partial charge in [-0.15, -0.1) is 0 Å². The molecule has 0 saturated carbocycles. The predicted molar refractivity (Wildman–Crippen MR) is 182 cm³/mol. The van der Waals surface area contributed by atoms with Crippen molar-refractivity contribution in [1.82, 2.24) is 10.2 Å². The molecule has 4 rings (SSSR count). The lowest BCUT2D eigenvalue weighted by Gasteiger charge is -2.34. The Bertz CT molecular complexity index is 1690. The number of ether oxygens (including phenoxy) is 1. The summed E-state index contributed by atoms with van der Waals surface area (Å²) in [5.74, 6) is -0.0515. The summed E-state index contributed by atoms with van der Waals surface area (Å²) in [4.78, 5) is 30.0. The van der Waals surface area contributed by atoms with Crippen LogP contribution >= 0.6 is 0 Å². The predicted octanol–water partition coefficient (Wildman–Crippen LogP) is 5.92. The van der Waals surface area contributed by atoms with E-state index < -0.39 is 28.5 Å². The Hall–Kier alpha value is -4.63. The average molecular weight is 642 g/mol. The lowest BCUT2D eigenvalue weighted by Crippen LogP contribution is -2.53. The van der Waals surface area contributed by atoms with Crippen molar-refractivity contribution in [3.8, 4) is 5.75 Å². The molecule has 0 spiro atoms. The van der Waals surface area contributed by atoms with E-state index in [9.17, 15) is 18.0 Å². The lowest BCUT2D eigenvalue weighted by atomic mass is 10.0. The molecule has 8 nitrogen and oxygen atoms in total. The van der Waals surface area contributed by atoms with Gasteiger partial charge >= 0.3 is 0 Å². The first kappa shape index (κ1) is 34.2. The van der Waals surface area contributed by atoms with Gasteiger partial charge in [0.05, 0.1) is 17.7 Å². The Morgan fingerprint density at radius 2 is 1.37 bits per heavy atom. The summed E-state index contributed by atoms with van der Waals surface area (Å²) >= 11 is 0. The number of hydrogen-bond acceptors (Lipinski definition) is 5. The molecule has 0 fully saturated rings. The number of methoxy groups -OCH3 is 1. The molecule has 2 amide bonds. The highest BCUT2D eigenvalue weighted by Crippen LogP contribution is 2.27. The minimum absolute atomic E-state index is 0.0577. The van der Waals surface area contributed by atoms with Crippen molar-refractivity contribution in [2.24, 2.45) is 5.92 Å². The minimum atomic E-state index is -4.18. The third-order valence-corrected chi connectivity index (χ3v) is 9.47. The van der Waals surface area contributed by atoms with Crippen LogP contribution in [0.4, 0.5) is 5.69 Å². The molecule has 0 bridgehead atoms. The highest BCUT2D eigenvalue weighted by molar-refractivity contribution is 7.92. The van der Waals surface area contributed by atoms with Gasteiger partial charge in [-0.1, -0.05) is 91.7 Å². The smallest absolute Gasteiger partial charge is 0.264 e. The molecule has 0 heterocycles. The van der Waals surface area contributed by atoms with Crippen molar-refractivity contribution in [2.45, 2.75) is 51.6 Å². The highest BCUT2D eigenvalue weighted by atomic mass is 32.2. The molecule has 242 valence electrons. The number of rotatable bonds is 14. The summed E-state index contributed by atoms with van der Waals surface area (Å²) in [6, 6.07) is 29.4. The van der Waals surface area contributed by atoms with Gasteiger partial charge < -0.3 is 15.0 Å². The van der Waals surface area contributed by atoms with Crippen molar-refractivity contribution in [3.63, 3.8) is 0 Å². The van der Waals surface area contributed by atoms with E-state index in [4.69, 9.17) is 4.74 Å². The number of anilines is 1. The summed E-state index contributed by atoms with van der Waals surface area (Å²) in [6.45, 7) is 7.91. The van der Waals surface area contributed by atoms with Crippen LogP contribution in [0.2, 0.25) is 0 Å². The van der Waals surface area contributed by atoms with Gasteiger partial charge in [0, 0.05) is 19.5 Å². The zero-order valence-electron chi connectivity index (χ0n) is 27.1. The van der Waals surface area contributed by atoms with Gasteiger partial charge in [0.25, 0.3) is 10.0 Å². The molecule has 0 aliphatic rings. The number of nitrogens with one attached hydrogen (secondary N) is 1. The third kappa shape index (κ3) is 8.97. The standard InChI is InChI=1S/C37H43N3O5S/c1-27(2)24-38-37(42)35(23-30-9-7-6-8-10-30)39(25-31-15-11-28(3)12-16-31)36(41)26-40(32-17-19-33(45-5)20-18-32)46(43,44)34-21-13-29(4)14-22-34/h6-22,27,35H,23-26H2,1-5H3,(H,38,42)/t35-/m1/s1. The SMILES string of the molecule is COc1ccc(N(CC(=O)N(Cc2ccc(C)cc2)[C@H](Cc2ccccc2)C(=O)NCC(C)C)S(=O)(=O)c2ccc(C)cc2)cc1. The second-order valence-electron chi connectivity index (χ2n) is 11.9. The Morgan fingerprint density at radius 3 is 1.93 bits per heavy atom. The van der Waals surface area contributed by atoms with Crippen molar-refractivity contribution >= 4 is 27.5 Å². The van der Waals surface area contributed by atoms with E-state index in [2.05, 4.69) is 5.32 Å². The normalized spacial score (nSPS) is 12.0. The van der Waals surface area contributed by atoms with Gasteiger partial charge in [-0.2, -0.15) is 0 Å². The number of aryl methyl sites for hydroxylation is 2. The van der Waals surface area contributed by atoms with Crippen molar-refractivity contribution in [3.05, 3.63) is 125 Å². The van der Waals surface area contributed by atoms with Crippen LogP contribution in [-0.2, 0) is 32.6 Å². The van der Waals surface area contributed by atoms with E-state index >= 15 is 0 Å². The summed E-state index contributed by atoms with van der Waals surface area (Å²) in [6.07, 6.45) is 0.260. The third-order valence-electron chi connectivity index (χ3n) is 7.68. The van der Waals surface area contributed by atoms with E-state index in [0.29, 0.717) is 18.0 Å². The first-order valence-corrected chi connectivity index (χ1v) is 16.8. The number of benzene rings is 4. The van der Waals surface area contributed by atoms with E-state index in [0.717, 1.165) is 26.6 Å². The molecule has 1 atom stereocenters. The van der Waals surface area contributed by atoms with Crippen molar-refractivity contribution in [1.29, 1.82) is 0 Å². The number of hydrogen-bond donors (Lipinski definition) is 1. The second-order valence-corrected chi connectivity index (χ2v) is 13.7. The summed E-state index contributed by atoms with van der Waals surface area (Å²) < 4.78 is 34.7. The Kier molecular flexibility index (Phi) is 11.6. The van der Waals surface area contributed by atoms with E-state index in [-0.39, 0.29) is 29.7 Å². The fourth-order valence-electron chi connectivity index (χ4n) is 4.98. The van der Waals surface area contributed by atoms with Gasteiger partial charge in [-0.05, 0) is 67.3 Å². The fraction of sp³-hybridized carbons (Fsp3) is 0.297. The molecule has 0 aliphatic heterocycles.